The number of anilines is 1. The van der Waals surface area contributed by atoms with Crippen molar-refractivity contribution in [1.82, 2.24) is 4.90 Å². The summed E-state index contributed by atoms with van der Waals surface area (Å²) in [5.74, 6) is -1.42. The van der Waals surface area contributed by atoms with Gasteiger partial charge in [0.1, 0.15) is 0 Å². The summed E-state index contributed by atoms with van der Waals surface area (Å²) < 4.78 is 46.0. The maximum Gasteiger partial charge on any atom is 0.392 e. The second-order valence-corrected chi connectivity index (χ2v) is 7.30. The molecule has 2 aliphatic rings. The number of amides is 2. The molecule has 2 amide bonds. The molecule has 0 radical (unpaired) electrons. The van der Waals surface area contributed by atoms with Crippen LogP contribution in [0.15, 0.2) is 18.2 Å². The smallest absolute Gasteiger partial charge is 0.381 e. The van der Waals surface area contributed by atoms with Crippen LogP contribution in [0.3, 0.4) is 0 Å². The van der Waals surface area contributed by atoms with Crippen LogP contribution < -0.4 is 5.32 Å². The van der Waals surface area contributed by atoms with Gasteiger partial charge in [-0.25, -0.2) is 4.79 Å². The SMILES string of the molecule is Cc1c(C#N)cccc1NC(=O)N1CCC(C(F)(F)F)C2(CCOCC2)C1. The van der Waals surface area contributed by atoms with Gasteiger partial charge in [0.25, 0.3) is 0 Å². The lowest BCUT2D eigenvalue weighted by atomic mass is 9.66. The first-order chi connectivity index (χ1) is 12.8. The molecule has 8 heteroatoms. The highest BCUT2D eigenvalue weighted by Gasteiger charge is 2.56. The number of hydrogen-bond donors (Lipinski definition) is 1. The minimum atomic E-state index is -4.28. The second kappa shape index (κ2) is 7.39. The van der Waals surface area contributed by atoms with Crippen LogP contribution in [-0.2, 0) is 4.74 Å². The van der Waals surface area contributed by atoms with Gasteiger partial charge in [-0.15, -0.1) is 0 Å². The van der Waals surface area contributed by atoms with Crippen molar-refractivity contribution >= 4 is 11.7 Å². The lowest BCUT2D eigenvalue weighted by molar-refractivity contribution is -0.232. The third kappa shape index (κ3) is 3.88. The second-order valence-electron chi connectivity index (χ2n) is 7.30. The number of rotatable bonds is 1. The molecule has 1 aromatic rings. The number of likely N-dealkylation sites (tertiary alicyclic amines) is 1. The van der Waals surface area contributed by atoms with Crippen LogP contribution in [0, 0.1) is 29.6 Å². The lowest BCUT2D eigenvalue weighted by Gasteiger charge is -2.50. The molecule has 3 rings (SSSR count). The number of benzene rings is 1. The van der Waals surface area contributed by atoms with Gasteiger partial charge in [0.15, 0.2) is 0 Å². The predicted octanol–water partition coefficient (Wildman–Crippen LogP) is 4.08. The van der Waals surface area contributed by atoms with E-state index in [1.807, 2.05) is 0 Å². The highest BCUT2D eigenvalue weighted by Crippen LogP contribution is 2.50. The van der Waals surface area contributed by atoms with E-state index in [9.17, 15) is 18.0 Å². The molecule has 0 saturated carbocycles. The van der Waals surface area contributed by atoms with Crippen molar-refractivity contribution < 1.29 is 22.7 Å². The molecule has 2 saturated heterocycles. The van der Waals surface area contributed by atoms with Gasteiger partial charge in [-0.3, -0.25) is 0 Å². The average molecular weight is 381 g/mol. The molecule has 1 spiro atoms. The fourth-order valence-electron chi connectivity index (χ4n) is 4.22. The number of piperidine rings is 1. The van der Waals surface area contributed by atoms with E-state index in [1.54, 1.807) is 25.1 Å². The first kappa shape index (κ1) is 19.5. The number of carbonyl (C=O) groups is 1. The molecule has 2 aliphatic heterocycles. The van der Waals surface area contributed by atoms with Crippen LogP contribution in [0.2, 0.25) is 0 Å². The van der Waals surface area contributed by atoms with E-state index in [4.69, 9.17) is 10.00 Å². The van der Waals surface area contributed by atoms with E-state index in [0.717, 1.165) is 0 Å². The van der Waals surface area contributed by atoms with Gasteiger partial charge in [0, 0.05) is 37.4 Å². The van der Waals surface area contributed by atoms with E-state index >= 15 is 0 Å². The Labute approximate surface area is 156 Å². The Hall–Kier alpha value is -2.27. The molecule has 0 bridgehead atoms. The minimum Gasteiger partial charge on any atom is -0.381 e. The summed E-state index contributed by atoms with van der Waals surface area (Å²) in [6.07, 6.45) is -3.79. The molecular formula is C19H22F3N3O2. The monoisotopic (exact) mass is 381 g/mol. The summed E-state index contributed by atoms with van der Waals surface area (Å²) in [4.78, 5) is 14.2. The zero-order valence-electron chi connectivity index (χ0n) is 15.1. The molecule has 2 heterocycles. The largest absolute Gasteiger partial charge is 0.392 e. The Morgan fingerprint density at radius 2 is 2.07 bits per heavy atom. The van der Waals surface area contributed by atoms with Crippen molar-refractivity contribution in [2.75, 3.05) is 31.6 Å². The quantitative estimate of drug-likeness (QED) is 0.797. The molecule has 1 N–H and O–H groups in total. The van der Waals surface area contributed by atoms with Crippen LogP contribution in [-0.4, -0.2) is 43.4 Å². The Morgan fingerprint density at radius 1 is 1.37 bits per heavy atom. The van der Waals surface area contributed by atoms with Gasteiger partial charge in [-0.2, -0.15) is 18.4 Å². The molecule has 2 fully saturated rings. The van der Waals surface area contributed by atoms with Crippen molar-refractivity contribution in [3.63, 3.8) is 0 Å². The van der Waals surface area contributed by atoms with Gasteiger partial charge in [0.2, 0.25) is 0 Å². The highest BCUT2D eigenvalue weighted by molar-refractivity contribution is 5.90. The molecule has 0 aromatic heterocycles. The fraction of sp³-hybridized carbons (Fsp3) is 0.579. The lowest BCUT2D eigenvalue weighted by Crippen LogP contribution is -2.57. The van der Waals surface area contributed by atoms with Crippen molar-refractivity contribution in [2.45, 2.75) is 32.4 Å². The number of hydrogen-bond acceptors (Lipinski definition) is 3. The van der Waals surface area contributed by atoms with Crippen molar-refractivity contribution in [2.24, 2.45) is 11.3 Å². The summed E-state index contributed by atoms with van der Waals surface area (Å²) in [6.45, 7) is 2.40. The van der Waals surface area contributed by atoms with Crippen LogP contribution in [0.1, 0.15) is 30.4 Å². The number of nitriles is 1. The zero-order valence-corrected chi connectivity index (χ0v) is 15.1. The number of halogens is 3. The number of nitrogens with zero attached hydrogens (tertiary/aromatic N) is 2. The number of urea groups is 1. The standard InChI is InChI=1S/C19H22F3N3O2/c1-13-14(11-23)3-2-4-15(13)24-17(26)25-8-5-16(19(20,21)22)18(12-25)6-9-27-10-7-18/h2-4,16H,5-10,12H2,1H3,(H,24,26). The summed E-state index contributed by atoms with van der Waals surface area (Å²) in [6, 6.07) is 6.62. The molecule has 1 atom stereocenters. The first-order valence-electron chi connectivity index (χ1n) is 8.97. The zero-order chi connectivity index (χ0) is 19.7. The van der Waals surface area contributed by atoms with E-state index in [0.29, 0.717) is 29.7 Å². The van der Waals surface area contributed by atoms with Crippen molar-refractivity contribution in [3.05, 3.63) is 29.3 Å². The summed E-state index contributed by atoms with van der Waals surface area (Å²) in [5, 5.41) is 11.9. The fourth-order valence-corrected chi connectivity index (χ4v) is 4.22. The van der Waals surface area contributed by atoms with Gasteiger partial charge >= 0.3 is 12.2 Å². The molecule has 5 nitrogen and oxygen atoms in total. The van der Waals surface area contributed by atoms with Gasteiger partial charge in [0.05, 0.1) is 17.6 Å². The van der Waals surface area contributed by atoms with E-state index in [2.05, 4.69) is 11.4 Å². The third-order valence-electron chi connectivity index (χ3n) is 5.80. The van der Waals surface area contributed by atoms with E-state index in [1.165, 1.54) is 4.90 Å². The van der Waals surface area contributed by atoms with Gasteiger partial charge in [-0.05, 0) is 43.9 Å². The first-order valence-corrected chi connectivity index (χ1v) is 8.97. The molecule has 1 unspecified atom stereocenters. The average Bonchev–Trinajstić information content (AvgIpc) is 2.63. The normalized spacial score (nSPS) is 22.3. The van der Waals surface area contributed by atoms with E-state index < -0.39 is 23.5 Å². The van der Waals surface area contributed by atoms with Gasteiger partial charge < -0.3 is 15.0 Å². The minimum absolute atomic E-state index is 0.0512. The van der Waals surface area contributed by atoms with E-state index in [-0.39, 0.29) is 32.7 Å². The topological polar surface area (TPSA) is 65.4 Å². The maximum atomic E-state index is 13.6. The number of nitrogens with one attached hydrogen (secondary N) is 1. The van der Waals surface area contributed by atoms with Crippen LogP contribution >= 0.6 is 0 Å². The van der Waals surface area contributed by atoms with Crippen LogP contribution in [0.5, 0.6) is 0 Å². The summed E-state index contributed by atoms with van der Waals surface area (Å²) in [5.41, 5.74) is 0.595. The molecule has 1 aromatic carbocycles. The summed E-state index contributed by atoms with van der Waals surface area (Å²) >= 11 is 0. The van der Waals surface area contributed by atoms with Crippen molar-refractivity contribution in [1.29, 1.82) is 5.26 Å². The molecule has 146 valence electrons. The Balaban J connectivity index is 1.78. The number of carbonyl (C=O) groups excluding carboxylic acids is 1. The Kier molecular flexibility index (Phi) is 5.33. The van der Waals surface area contributed by atoms with Crippen LogP contribution in [0.25, 0.3) is 0 Å². The van der Waals surface area contributed by atoms with Crippen molar-refractivity contribution in [3.8, 4) is 6.07 Å². The summed E-state index contributed by atoms with van der Waals surface area (Å²) in [7, 11) is 0. The van der Waals surface area contributed by atoms with Gasteiger partial charge in [-0.1, -0.05) is 6.07 Å². The maximum absolute atomic E-state index is 13.6. The Morgan fingerprint density at radius 3 is 2.70 bits per heavy atom. The predicted molar refractivity (Wildman–Crippen MR) is 93.1 cm³/mol. The third-order valence-corrected chi connectivity index (χ3v) is 5.80. The number of alkyl halides is 3. The Bertz CT molecular complexity index is 752. The molecular weight excluding hydrogens is 359 g/mol. The number of ether oxygens (including phenoxy) is 1. The highest BCUT2D eigenvalue weighted by atomic mass is 19.4. The molecule has 27 heavy (non-hydrogen) atoms. The molecule has 0 aliphatic carbocycles. The van der Waals surface area contributed by atoms with Crippen LogP contribution in [0.4, 0.5) is 23.7 Å².